The van der Waals surface area contributed by atoms with E-state index in [2.05, 4.69) is 25.8 Å². The highest BCUT2D eigenvalue weighted by Crippen LogP contribution is 2.28. The van der Waals surface area contributed by atoms with Crippen LogP contribution in [0.2, 0.25) is 0 Å². The molecule has 0 aliphatic rings. The summed E-state index contributed by atoms with van der Waals surface area (Å²) in [6.45, 7) is 12.3. The van der Waals surface area contributed by atoms with E-state index >= 15 is 0 Å². The first-order valence-electron chi connectivity index (χ1n) is 7.86. The van der Waals surface area contributed by atoms with E-state index in [0.29, 0.717) is 5.56 Å². The number of nitrogens with zero attached hydrogens (tertiary/aromatic N) is 1. The molecule has 3 nitrogen and oxygen atoms in total. The Morgan fingerprint density at radius 2 is 1.78 bits per heavy atom. The van der Waals surface area contributed by atoms with Gasteiger partial charge in [-0.25, -0.2) is 4.79 Å². The van der Waals surface area contributed by atoms with Crippen LogP contribution in [0.4, 0.5) is 0 Å². The van der Waals surface area contributed by atoms with Crippen LogP contribution in [0.15, 0.2) is 42.7 Å². The highest BCUT2D eigenvalue weighted by atomic mass is 16.6. The van der Waals surface area contributed by atoms with Crippen molar-refractivity contribution >= 4 is 5.97 Å². The molecule has 122 valence electrons. The second-order valence-corrected chi connectivity index (χ2v) is 7.42. The third-order valence-corrected chi connectivity index (χ3v) is 3.97. The molecule has 0 radical (unpaired) electrons. The molecule has 0 fully saturated rings. The van der Waals surface area contributed by atoms with Crippen LogP contribution in [0.1, 0.15) is 61.7 Å². The number of hydrogen-bond donors (Lipinski definition) is 0. The number of aryl methyl sites for hydroxylation is 1. The Bertz CT molecular complexity index is 697. The Labute approximate surface area is 138 Å². The van der Waals surface area contributed by atoms with Gasteiger partial charge in [0, 0.05) is 18.0 Å². The summed E-state index contributed by atoms with van der Waals surface area (Å²) in [6.07, 6.45) is 3.43. The van der Waals surface area contributed by atoms with E-state index in [1.807, 2.05) is 51.1 Å². The van der Waals surface area contributed by atoms with E-state index in [-0.39, 0.29) is 11.4 Å². The zero-order valence-electron chi connectivity index (χ0n) is 14.8. The molecule has 0 aliphatic heterocycles. The summed E-state index contributed by atoms with van der Waals surface area (Å²) in [5, 5.41) is 0. The molecule has 0 amide bonds. The van der Waals surface area contributed by atoms with Crippen LogP contribution < -0.4 is 0 Å². The lowest BCUT2D eigenvalue weighted by Crippen LogP contribution is -2.26. The fourth-order valence-electron chi connectivity index (χ4n) is 2.70. The van der Waals surface area contributed by atoms with Gasteiger partial charge < -0.3 is 4.74 Å². The van der Waals surface area contributed by atoms with Crippen molar-refractivity contribution in [3.63, 3.8) is 0 Å². The second kappa shape index (κ2) is 6.15. The van der Waals surface area contributed by atoms with Gasteiger partial charge in [-0.15, -0.1) is 0 Å². The van der Waals surface area contributed by atoms with E-state index in [1.165, 1.54) is 5.56 Å². The van der Waals surface area contributed by atoms with Crippen molar-refractivity contribution < 1.29 is 9.53 Å². The van der Waals surface area contributed by atoms with Gasteiger partial charge in [-0.1, -0.05) is 32.9 Å². The van der Waals surface area contributed by atoms with Crippen molar-refractivity contribution in [1.29, 1.82) is 0 Å². The lowest BCUT2D eigenvalue weighted by molar-refractivity contribution is -0.00327. The standard InChI is InChI=1S/C20H25NO2/c1-14-12-15(9-10-17(14)19(2,3)4)18(22)23-20(5,6)16-8-7-11-21-13-16/h7-13H,1-6H3. The Balaban J connectivity index is 2.23. The number of pyridine rings is 1. The summed E-state index contributed by atoms with van der Waals surface area (Å²) in [6, 6.07) is 9.52. The van der Waals surface area contributed by atoms with Gasteiger partial charge in [0.05, 0.1) is 5.56 Å². The molecular weight excluding hydrogens is 286 g/mol. The maximum atomic E-state index is 12.5. The lowest BCUT2D eigenvalue weighted by atomic mass is 9.83. The normalized spacial score (nSPS) is 12.1. The first kappa shape index (κ1) is 17.2. The van der Waals surface area contributed by atoms with Crippen molar-refractivity contribution in [2.24, 2.45) is 0 Å². The summed E-state index contributed by atoms with van der Waals surface area (Å²) in [5.41, 5.74) is 3.12. The molecule has 0 spiro atoms. The van der Waals surface area contributed by atoms with Gasteiger partial charge in [0.1, 0.15) is 5.60 Å². The smallest absolute Gasteiger partial charge is 0.339 e. The summed E-state index contributed by atoms with van der Waals surface area (Å²) in [7, 11) is 0. The molecule has 0 bridgehead atoms. The molecule has 23 heavy (non-hydrogen) atoms. The zero-order valence-corrected chi connectivity index (χ0v) is 14.8. The fraction of sp³-hybridized carbons (Fsp3) is 0.400. The van der Waals surface area contributed by atoms with Gasteiger partial charge in [0.2, 0.25) is 0 Å². The van der Waals surface area contributed by atoms with Crippen LogP contribution in [-0.4, -0.2) is 11.0 Å². The Morgan fingerprint density at radius 1 is 1.09 bits per heavy atom. The number of esters is 1. The number of ether oxygens (including phenoxy) is 1. The Kier molecular flexibility index (Phi) is 4.60. The minimum absolute atomic E-state index is 0.0570. The molecule has 0 N–H and O–H groups in total. The van der Waals surface area contributed by atoms with E-state index in [1.54, 1.807) is 12.4 Å². The predicted octanol–water partition coefficient (Wildman–Crippen LogP) is 4.78. The van der Waals surface area contributed by atoms with Crippen LogP contribution in [0.25, 0.3) is 0 Å². The maximum Gasteiger partial charge on any atom is 0.339 e. The first-order valence-corrected chi connectivity index (χ1v) is 7.86. The summed E-state index contributed by atoms with van der Waals surface area (Å²) < 4.78 is 5.71. The molecule has 3 heteroatoms. The third kappa shape index (κ3) is 3.98. The molecular formula is C20H25NO2. The molecule has 1 aromatic heterocycles. The van der Waals surface area contributed by atoms with Crippen LogP contribution >= 0.6 is 0 Å². The topological polar surface area (TPSA) is 39.2 Å². The molecule has 0 saturated carbocycles. The highest BCUT2D eigenvalue weighted by Gasteiger charge is 2.27. The largest absolute Gasteiger partial charge is 0.451 e. The molecule has 0 unspecified atom stereocenters. The maximum absolute atomic E-state index is 12.5. The van der Waals surface area contributed by atoms with Crippen molar-refractivity contribution in [2.75, 3.05) is 0 Å². The van der Waals surface area contributed by atoms with E-state index in [9.17, 15) is 4.79 Å². The predicted molar refractivity (Wildman–Crippen MR) is 92.6 cm³/mol. The van der Waals surface area contributed by atoms with Gasteiger partial charge >= 0.3 is 5.97 Å². The highest BCUT2D eigenvalue weighted by molar-refractivity contribution is 5.90. The molecule has 0 aliphatic carbocycles. The van der Waals surface area contributed by atoms with Crippen LogP contribution in [0, 0.1) is 6.92 Å². The number of benzene rings is 1. The van der Waals surface area contributed by atoms with E-state index in [4.69, 9.17) is 4.74 Å². The number of rotatable bonds is 3. The molecule has 0 saturated heterocycles. The summed E-state index contributed by atoms with van der Waals surface area (Å²) in [5.74, 6) is -0.317. The number of carbonyl (C=O) groups excluding carboxylic acids is 1. The van der Waals surface area contributed by atoms with Crippen molar-refractivity contribution in [3.8, 4) is 0 Å². The lowest BCUT2D eigenvalue weighted by Gasteiger charge is -2.26. The molecule has 1 aromatic carbocycles. The van der Waals surface area contributed by atoms with Crippen molar-refractivity contribution in [3.05, 3.63) is 65.0 Å². The van der Waals surface area contributed by atoms with E-state index < -0.39 is 5.60 Å². The Morgan fingerprint density at radius 3 is 2.30 bits per heavy atom. The molecule has 1 heterocycles. The first-order chi connectivity index (χ1) is 10.6. The molecule has 0 atom stereocenters. The number of aromatic nitrogens is 1. The van der Waals surface area contributed by atoms with Crippen LogP contribution in [0.5, 0.6) is 0 Å². The summed E-state index contributed by atoms with van der Waals surface area (Å²) >= 11 is 0. The average molecular weight is 311 g/mol. The second-order valence-electron chi connectivity index (χ2n) is 7.42. The summed E-state index contributed by atoms with van der Waals surface area (Å²) in [4.78, 5) is 16.6. The minimum Gasteiger partial charge on any atom is -0.451 e. The van der Waals surface area contributed by atoms with Gasteiger partial charge in [-0.05, 0) is 55.5 Å². The Hall–Kier alpha value is -2.16. The number of carbonyl (C=O) groups is 1. The van der Waals surface area contributed by atoms with Crippen LogP contribution in [-0.2, 0) is 15.8 Å². The molecule has 2 aromatic rings. The fourth-order valence-corrected chi connectivity index (χ4v) is 2.70. The monoisotopic (exact) mass is 311 g/mol. The van der Waals surface area contributed by atoms with Crippen LogP contribution in [0.3, 0.4) is 0 Å². The van der Waals surface area contributed by atoms with E-state index in [0.717, 1.165) is 11.1 Å². The van der Waals surface area contributed by atoms with Crippen molar-refractivity contribution in [2.45, 2.75) is 52.6 Å². The van der Waals surface area contributed by atoms with Gasteiger partial charge in [-0.2, -0.15) is 0 Å². The third-order valence-electron chi connectivity index (χ3n) is 3.97. The van der Waals surface area contributed by atoms with Gasteiger partial charge in [-0.3, -0.25) is 4.98 Å². The van der Waals surface area contributed by atoms with Gasteiger partial charge in [0.15, 0.2) is 0 Å². The molecule has 2 rings (SSSR count). The zero-order chi connectivity index (χ0) is 17.3. The minimum atomic E-state index is -0.720. The van der Waals surface area contributed by atoms with Gasteiger partial charge in [0.25, 0.3) is 0 Å². The quantitative estimate of drug-likeness (QED) is 0.766. The number of hydrogen-bond acceptors (Lipinski definition) is 3. The average Bonchev–Trinajstić information content (AvgIpc) is 2.46. The van der Waals surface area contributed by atoms with Crippen molar-refractivity contribution in [1.82, 2.24) is 4.98 Å². The SMILES string of the molecule is Cc1cc(C(=O)OC(C)(C)c2cccnc2)ccc1C(C)(C)C.